The highest BCUT2D eigenvalue weighted by molar-refractivity contribution is 7.80. The molecule has 1 atom stereocenters. The number of aromatic nitrogens is 2. The van der Waals surface area contributed by atoms with Gasteiger partial charge in [-0.2, -0.15) is 0 Å². The van der Waals surface area contributed by atoms with Crippen molar-refractivity contribution in [1.29, 1.82) is 0 Å². The largest absolute Gasteiger partial charge is 0.463 e. The summed E-state index contributed by atoms with van der Waals surface area (Å²) in [6.07, 6.45) is 1.21. The molecule has 102 valence electrons. The van der Waals surface area contributed by atoms with Gasteiger partial charge in [0.15, 0.2) is 0 Å². The van der Waals surface area contributed by atoms with Crippen molar-refractivity contribution in [3.63, 3.8) is 0 Å². The summed E-state index contributed by atoms with van der Waals surface area (Å²) in [6.45, 7) is 1.66. The average molecular weight is 282 g/mol. The summed E-state index contributed by atoms with van der Waals surface area (Å²) < 4.78 is 10.0. The first-order valence-electron chi connectivity index (χ1n) is 5.69. The zero-order valence-electron chi connectivity index (χ0n) is 10.4. The Hall–Kier alpha value is -1.80. The van der Waals surface area contributed by atoms with Gasteiger partial charge in [-0.3, -0.25) is 0 Å². The molecule has 0 amide bonds. The number of hydrogen-bond acceptors (Lipinski definition) is 7. The number of carbonyl (C=O) groups is 1. The number of carbonyl (C=O) groups excluding carboxylic acids is 1. The third kappa shape index (κ3) is 3.15. The summed E-state index contributed by atoms with van der Waals surface area (Å²) >= 11 is 4.92. The molecule has 8 heteroatoms. The van der Waals surface area contributed by atoms with Gasteiger partial charge in [-0.05, 0) is 6.07 Å². The van der Waals surface area contributed by atoms with Crippen LogP contribution in [0.1, 0.15) is 10.6 Å². The molecule has 1 aromatic heterocycles. The van der Waals surface area contributed by atoms with Gasteiger partial charge in [-0.25, -0.2) is 14.8 Å². The topological polar surface area (TPSA) is 90.6 Å². The third-order valence-corrected chi connectivity index (χ3v) is 2.98. The molecule has 2 N–H and O–H groups in total. The average Bonchev–Trinajstić information content (AvgIpc) is 2.46. The third-order valence-electron chi connectivity index (χ3n) is 2.72. The lowest BCUT2D eigenvalue weighted by molar-refractivity contribution is 0.0586. The number of ether oxygens (including phenoxy) is 2. The molecule has 1 aliphatic heterocycles. The molecule has 0 radical (unpaired) electrons. The Morgan fingerprint density at radius 1 is 1.68 bits per heavy atom. The molecule has 0 aromatic carbocycles. The molecule has 2 heterocycles. The lowest BCUT2D eigenvalue weighted by Gasteiger charge is -2.33. The molecular weight excluding hydrogens is 268 g/mol. The Balaban J connectivity index is 2.17. The lowest BCUT2D eigenvalue weighted by atomic mass is 10.2. The van der Waals surface area contributed by atoms with Crippen LogP contribution in [0.15, 0.2) is 12.3 Å². The number of nitrogens with two attached hydrogens (primary N) is 1. The van der Waals surface area contributed by atoms with E-state index in [0.717, 1.165) is 0 Å². The number of methoxy groups -OCH3 is 1. The second kappa shape index (κ2) is 5.89. The van der Waals surface area contributed by atoms with E-state index < -0.39 is 5.97 Å². The summed E-state index contributed by atoms with van der Waals surface area (Å²) in [5.41, 5.74) is 5.58. The van der Waals surface area contributed by atoms with Gasteiger partial charge in [0.2, 0.25) is 5.82 Å². The fourth-order valence-electron chi connectivity index (χ4n) is 1.74. The van der Waals surface area contributed by atoms with Crippen molar-refractivity contribution in [2.75, 3.05) is 31.7 Å². The molecule has 0 aliphatic carbocycles. The Labute approximate surface area is 115 Å². The maximum atomic E-state index is 11.4. The minimum absolute atomic E-state index is 0.0263. The first-order valence-corrected chi connectivity index (χ1v) is 6.10. The predicted octanol–water partition coefficient (Wildman–Crippen LogP) is -0.245. The van der Waals surface area contributed by atoms with Crippen LogP contribution in [0.25, 0.3) is 0 Å². The molecule has 1 fully saturated rings. The van der Waals surface area contributed by atoms with Crippen LogP contribution in [0.4, 0.5) is 5.82 Å². The van der Waals surface area contributed by atoms with Gasteiger partial charge in [-0.1, -0.05) is 12.2 Å². The second-order valence-electron chi connectivity index (χ2n) is 3.94. The van der Waals surface area contributed by atoms with Crippen LogP contribution >= 0.6 is 12.2 Å². The van der Waals surface area contributed by atoms with Crippen LogP contribution in [-0.4, -0.2) is 53.8 Å². The Kier molecular flexibility index (Phi) is 4.23. The zero-order chi connectivity index (χ0) is 13.8. The fourth-order valence-corrected chi connectivity index (χ4v) is 1.89. The maximum absolute atomic E-state index is 11.4. The van der Waals surface area contributed by atoms with Crippen molar-refractivity contribution < 1.29 is 14.3 Å². The summed E-state index contributed by atoms with van der Waals surface area (Å²) in [5.74, 6) is 0.0827. The van der Waals surface area contributed by atoms with Gasteiger partial charge in [0.1, 0.15) is 16.9 Å². The first-order chi connectivity index (χ1) is 9.11. The molecule has 1 saturated heterocycles. The number of thiocarbonyl (C=S) groups is 1. The summed E-state index contributed by atoms with van der Waals surface area (Å²) in [6, 6.07) is 1.72. The Bertz CT molecular complexity index is 497. The molecule has 2 rings (SSSR count). The lowest BCUT2D eigenvalue weighted by Crippen LogP contribution is -2.48. The number of esters is 1. The van der Waals surface area contributed by atoms with Crippen LogP contribution in [0.3, 0.4) is 0 Å². The van der Waals surface area contributed by atoms with E-state index in [2.05, 4.69) is 14.7 Å². The molecule has 1 unspecified atom stereocenters. The molecule has 0 spiro atoms. The minimum atomic E-state index is -0.569. The van der Waals surface area contributed by atoms with E-state index in [0.29, 0.717) is 30.5 Å². The van der Waals surface area contributed by atoms with Gasteiger partial charge in [0.05, 0.1) is 20.3 Å². The van der Waals surface area contributed by atoms with E-state index in [9.17, 15) is 4.79 Å². The number of hydrogen-bond donors (Lipinski definition) is 1. The smallest absolute Gasteiger partial charge is 0.376 e. The van der Waals surface area contributed by atoms with Gasteiger partial charge in [-0.15, -0.1) is 0 Å². The highest BCUT2D eigenvalue weighted by atomic mass is 32.1. The highest BCUT2D eigenvalue weighted by Crippen LogP contribution is 2.15. The summed E-state index contributed by atoms with van der Waals surface area (Å²) in [4.78, 5) is 21.7. The molecular formula is C11H14N4O3S. The van der Waals surface area contributed by atoms with E-state index in [1.54, 1.807) is 6.07 Å². The number of rotatable bonds is 3. The minimum Gasteiger partial charge on any atom is -0.463 e. The van der Waals surface area contributed by atoms with E-state index in [-0.39, 0.29) is 11.9 Å². The van der Waals surface area contributed by atoms with Crippen molar-refractivity contribution in [3.8, 4) is 0 Å². The standard InChI is InChI=1S/C11H14N4O3S/c1-17-11(16)10-13-3-2-8(14-10)15-4-5-18-7(6-15)9(12)19/h2-3,7H,4-6H2,1H3,(H2,12,19). The van der Waals surface area contributed by atoms with Crippen molar-refractivity contribution in [1.82, 2.24) is 9.97 Å². The highest BCUT2D eigenvalue weighted by Gasteiger charge is 2.24. The van der Waals surface area contributed by atoms with Crippen molar-refractivity contribution in [3.05, 3.63) is 18.1 Å². The molecule has 1 aromatic rings. The number of nitrogens with zero attached hydrogens (tertiary/aromatic N) is 3. The zero-order valence-corrected chi connectivity index (χ0v) is 11.2. The molecule has 0 saturated carbocycles. The van der Waals surface area contributed by atoms with Crippen molar-refractivity contribution in [2.24, 2.45) is 5.73 Å². The van der Waals surface area contributed by atoms with Crippen LogP contribution < -0.4 is 10.6 Å². The molecule has 1 aliphatic rings. The van der Waals surface area contributed by atoms with Gasteiger partial charge >= 0.3 is 5.97 Å². The SMILES string of the molecule is COC(=O)c1nccc(N2CCOC(C(N)=S)C2)n1. The monoisotopic (exact) mass is 282 g/mol. The number of morpholine rings is 1. The first kappa shape index (κ1) is 13.6. The number of anilines is 1. The predicted molar refractivity (Wildman–Crippen MR) is 72.1 cm³/mol. The van der Waals surface area contributed by atoms with Crippen LogP contribution in [0.5, 0.6) is 0 Å². The molecule has 7 nitrogen and oxygen atoms in total. The van der Waals surface area contributed by atoms with Crippen LogP contribution in [0.2, 0.25) is 0 Å². The van der Waals surface area contributed by atoms with Crippen LogP contribution in [0, 0.1) is 0 Å². The normalized spacial score (nSPS) is 19.0. The second-order valence-corrected chi connectivity index (χ2v) is 4.41. The van der Waals surface area contributed by atoms with Crippen LogP contribution in [-0.2, 0) is 9.47 Å². The Morgan fingerprint density at radius 3 is 3.16 bits per heavy atom. The van der Waals surface area contributed by atoms with E-state index in [1.807, 2.05) is 4.90 Å². The van der Waals surface area contributed by atoms with E-state index in [4.69, 9.17) is 22.7 Å². The summed E-state index contributed by atoms with van der Waals surface area (Å²) in [5, 5.41) is 0. The van der Waals surface area contributed by atoms with E-state index in [1.165, 1.54) is 13.3 Å². The molecule has 0 bridgehead atoms. The van der Waals surface area contributed by atoms with Crippen molar-refractivity contribution >= 4 is 29.0 Å². The van der Waals surface area contributed by atoms with Gasteiger partial charge < -0.3 is 20.1 Å². The van der Waals surface area contributed by atoms with Crippen molar-refractivity contribution in [2.45, 2.75) is 6.10 Å². The Morgan fingerprint density at radius 2 is 2.47 bits per heavy atom. The van der Waals surface area contributed by atoms with Gasteiger partial charge in [0, 0.05) is 12.7 Å². The summed E-state index contributed by atoms with van der Waals surface area (Å²) in [7, 11) is 1.29. The molecule has 19 heavy (non-hydrogen) atoms. The quantitative estimate of drug-likeness (QED) is 0.600. The van der Waals surface area contributed by atoms with Gasteiger partial charge in [0.25, 0.3) is 0 Å². The van der Waals surface area contributed by atoms with E-state index >= 15 is 0 Å². The maximum Gasteiger partial charge on any atom is 0.376 e. The fraction of sp³-hybridized carbons (Fsp3) is 0.455.